The van der Waals surface area contributed by atoms with Crippen molar-refractivity contribution in [3.8, 4) is 11.8 Å². The van der Waals surface area contributed by atoms with Crippen LogP contribution < -0.4 is 0 Å². The summed E-state index contributed by atoms with van der Waals surface area (Å²) in [6, 6.07) is 3.60. The first kappa shape index (κ1) is 18.9. The van der Waals surface area contributed by atoms with Crippen molar-refractivity contribution in [2.75, 3.05) is 0 Å². The van der Waals surface area contributed by atoms with Crippen molar-refractivity contribution < 1.29 is 33.0 Å². The van der Waals surface area contributed by atoms with Crippen LogP contribution >= 0.6 is 0 Å². The summed E-state index contributed by atoms with van der Waals surface area (Å²) in [4.78, 5) is 26.4. The molecule has 0 unspecified atom stereocenters. The number of aliphatic carboxylic acids is 1. The molecule has 9 heteroatoms. The van der Waals surface area contributed by atoms with Crippen LogP contribution in [0.5, 0.6) is 5.75 Å². The number of rotatable bonds is 6. The van der Waals surface area contributed by atoms with Crippen LogP contribution in [0.25, 0.3) is 0 Å². The number of carboxylic acids is 1. The molecule has 0 amide bonds. The Balaban J connectivity index is 2.44. The lowest BCUT2D eigenvalue weighted by Crippen LogP contribution is -2.10. The number of hydrogen-bond acceptors (Lipinski definition) is 5. The van der Waals surface area contributed by atoms with E-state index >= 15 is 0 Å². The van der Waals surface area contributed by atoms with Gasteiger partial charge in [-0.1, -0.05) is 0 Å². The predicted molar refractivity (Wildman–Crippen MR) is 80.9 cm³/mol. The minimum absolute atomic E-state index is 0.123. The Morgan fingerprint density at radius 3 is 2.27 bits per heavy atom. The zero-order valence-corrected chi connectivity index (χ0v) is 13.1. The number of hydrogen-bond donors (Lipinski definition) is 2. The van der Waals surface area contributed by atoms with Crippen molar-refractivity contribution in [2.45, 2.75) is 19.3 Å². The van der Waals surface area contributed by atoms with E-state index in [1.165, 1.54) is 0 Å². The molecule has 0 aliphatic heterocycles. The molecule has 2 aromatic rings. The maximum atomic E-state index is 13.8. The molecule has 2 rings (SSSR count). The van der Waals surface area contributed by atoms with Crippen molar-refractivity contribution in [3.05, 3.63) is 58.2 Å². The van der Waals surface area contributed by atoms with Gasteiger partial charge in [-0.15, -0.1) is 0 Å². The maximum absolute atomic E-state index is 13.8. The van der Waals surface area contributed by atoms with Gasteiger partial charge >= 0.3 is 5.97 Å². The van der Waals surface area contributed by atoms with Gasteiger partial charge in [-0.2, -0.15) is 5.26 Å². The molecule has 0 aliphatic carbocycles. The lowest BCUT2D eigenvalue weighted by atomic mass is 10.0. The Morgan fingerprint density at radius 2 is 1.73 bits per heavy atom. The molecule has 134 valence electrons. The first-order valence-electron chi connectivity index (χ1n) is 7.24. The molecule has 0 saturated carbocycles. The molecule has 0 saturated heterocycles. The molecule has 1 aromatic heterocycles. The molecule has 2 N–H and O–H groups in total. The maximum Gasteiger partial charge on any atom is 0.303 e. The molecule has 6 nitrogen and oxygen atoms in total. The SMILES string of the molecule is N#Cc1cc(Cc2c(F)cc(F)cc2F)nc(C(=O)CCC(=O)O)c1O. The van der Waals surface area contributed by atoms with Crippen LogP contribution in [0.2, 0.25) is 0 Å². The van der Waals surface area contributed by atoms with E-state index in [1.807, 2.05) is 0 Å². The van der Waals surface area contributed by atoms with Crippen LogP contribution in [-0.4, -0.2) is 26.9 Å². The molecule has 0 spiro atoms. The fourth-order valence-electron chi connectivity index (χ4n) is 2.22. The molecule has 0 atom stereocenters. The van der Waals surface area contributed by atoms with Gasteiger partial charge in [-0.3, -0.25) is 9.59 Å². The van der Waals surface area contributed by atoms with Crippen molar-refractivity contribution in [1.29, 1.82) is 5.26 Å². The van der Waals surface area contributed by atoms with Gasteiger partial charge in [-0.05, 0) is 6.07 Å². The van der Waals surface area contributed by atoms with Crippen LogP contribution in [0, 0.1) is 28.8 Å². The van der Waals surface area contributed by atoms with E-state index in [-0.39, 0.29) is 11.3 Å². The standard InChI is InChI=1S/C17H11F3N2O4/c18-9-4-12(19)11(13(20)5-9)6-10-3-8(7-21)17(26)16(22-10)14(23)1-2-15(24)25/h3-5,26H,1-2,6H2,(H,24,25). The number of pyridine rings is 1. The lowest BCUT2D eigenvalue weighted by Gasteiger charge is -2.09. The first-order valence-corrected chi connectivity index (χ1v) is 7.24. The molecular weight excluding hydrogens is 353 g/mol. The van der Waals surface area contributed by atoms with Gasteiger partial charge in [0.2, 0.25) is 0 Å². The summed E-state index contributed by atoms with van der Waals surface area (Å²) in [6.07, 6.45) is -1.51. The lowest BCUT2D eigenvalue weighted by molar-refractivity contribution is -0.136. The average Bonchev–Trinajstić information content (AvgIpc) is 2.56. The highest BCUT2D eigenvalue weighted by molar-refractivity contribution is 5.98. The summed E-state index contributed by atoms with van der Waals surface area (Å²) >= 11 is 0. The number of carboxylic acid groups (broad SMARTS) is 1. The summed E-state index contributed by atoms with van der Waals surface area (Å²) < 4.78 is 40.5. The van der Waals surface area contributed by atoms with Crippen molar-refractivity contribution in [1.82, 2.24) is 4.98 Å². The van der Waals surface area contributed by atoms with E-state index in [9.17, 15) is 27.9 Å². The molecule has 1 aromatic carbocycles. The van der Waals surface area contributed by atoms with E-state index in [0.29, 0.717) is 12.1 Å². The summed E-state index contributed by atoms with van der Waals surface area (Å²) in [6.45, 7) is 0. The van der Waals surface area contributed by atoms with Crippen LogP contribution in [0.1, 0.15) is 40.2 Å². The monoisotopic (exact) mass is 364 g/mol. The summed E-state index contributed by atoms with van der Waals surface area (Å²) in [5, 5.41) is 27.6. The number of nitriles is 1. The van der Waals surface area contributed by atoms with E-state index < -0.39 is 65.5 Å². The van der Waals surface area contributed by atoms with Crippen molar-refractivity contribution >= 4 is 11.8 Å². The highest BCUT2D eigenvalue weighted by atomic mass is 19.1. The molecular formula is C17H11F3N2O4. The summed E-state index contributed by atoms with van der Waals surface area (Å²) in [5.41, 5.74) is -1.58. The third kappa shape index (κ3) is 4.16. The Kier molecular flexibility index (Phi) is 5.57. The number of benzene rings is 1. The first-order chi connectivity index (χ1) is 12.2. The Hall–Kier alpha value is -3.41. The predicted octanol–water partition coefficient (Wildman–Crippen LogP) is 2.71. The Bertz CT molecular complexity index is 915. The highest BCUT2D eigenvalue weighted by Gasteiger charge is 2.21. The van der Waals surface area contributed by atoms with Gasteiger partial charge < -0.3 is 10.2 Å². The smallest absolute Gasteiger partial charge is 0.303 e. The van der Waals surface area contributed by atoms with Crippen LogP contribution in [0.3, 0.4) is 0 Å². The number of aromatic hydroxyl groups is 1. The molecule has 0 radical (unpaired) electrons. The van der Waals surface area contributed by atoms with Gasteiger partial charge in [0, 0.05) is 36.2 Å². The van der Waals surface area contributed by atoms with Crippen molar-refractivity contribution in [3.63, 3.8) is 0 Å². The minimum atomic E-state index is -1.25. The average molecular weight is 364 g/mol. The van der Waals surface area contributed by atoms with Crippen LogP contribution in [-0.2, 0) is 11.2 Å². The van der Waals surface area contributed by atoms with E-state index in [4.69, 9.17) is 10.4 Å². The Labute approximate surface area is 145 Å². The zero-order valence-electron chi connectivity index (χ0n) is 13.1. The quantitative estimate of drug-likeness (QED) is 0.763. The topological polar surface area (TPSA) is 111 Å². The van der Waals surface area contributed by atoms with Gasteiger partial charge in [0.15, 0.2) is 11.5 Å². The minimum Gasteiger partial charge on any atom is -0.504 e. The number of ketones is 1. The van der Waals surface area contributed by atoms with Crippen molar-refractivity contribution in [2.24, 2.45) is 0 Å². The largest absolute Gasteiger partial charge is 0.504 e. The Morgan fingerprint density at radius 1 is 1.12 bits per heavy atom. The van der Waals surface area contributed by atoms with E-state index in [0.717, 1.165) is 6.07 Å². The zero-order chi connectivity index (χ0) is 19.4. The van der Waals surface area contributed by atoms with Gasteiger partial charge in [-0.25, -0.2) is 18.2 Å². The number of halogens is 3. The number of Topliss-reactive ketones (excluding diaryl/α,β-unsaturated/α-hetero) is 1. The number of nitrogens with zero attached hydrogens (tertiary/aromatic N) is 2. The summed E-state index contributed by atoms with van der Waals surface area (Å²) in [7, 11) is 0. The second-order valence-electron chi connectivity index (χ2n) is 5.31. The normalized spacial score (nSPS) is 10.4. The summed E-state index contributed by atoms with van der Waals surface area (Å²) in [5.74, 6) is -6.28. The van der Waals surface area contributed by atoms with Gasteiger partial charge in [0.1, 0.15) is 29.2 Å². The molecule has 26 heavy (non-hydrogen) atoms. The van der Waals surface area contributed by atoms with Crippen LogP contribution in [0.15, 0.2) is 18.2 Å². The van der Waals surface area contributed by atoms with E-state index in [2.05, 4.69) is 4.98 Å². The third-order valence-corrected chi connectivity index (χ3v) is 3.46. The highest BCUT2D eigenvalue weighted by Crippen LogP contribution is 2.25. The third-order valence-electron chi connectivity index (χ3n) is 3.46. The number of carbonyl (C=O) groups excluding carboxylic acids is 1. The van der Waals surface area contributed by atoms with Crippen LogP contribution in [0.4, 0.5) is 13.2 Å². The number of aromatic nitrogens is 1. The molecule has 1 heterocycles. The second-order valence-corrected chi connectivity index (χ2v) is 5.31. The molecule has 0 fully saturated rings. The molecule has 0 bridgehead atoms. The fraction of sp³-hybridized carbons (Fsp3) is 0.176. The number of carbonyl (C=O) groups is 2. The van der Waals surface area contributed by atoms with Gasteiger partial charge in [0.05, 0.1) is 12.0 Å². The molecule has 0 aliphatic rings. The second kappa shape index (κ2) is 7.65. The van der Waals surface area contributed by atoms with Gasteiger partial charge in [0.25, 0.3) is 0 Å². The van der Waals surface area contributed by atoms with E-state index in [1.54, 1.807) is 6.07 Å². The fourth-order valence-corrected chi connectivity index (χ4v) is 2.22.